The molecule has 20 heavy (non-hydrogen) atoms. The summed E-state index contributed by atoms with van der Waals surface area (Å²) >= 11 is 0. The molecule has 0 aromatic heterocycles. The van der Waals surface area contributed by atoms with E-state index in [1.54, 1.807) is 4.90 Å². The molecule has 2 atom stereocenters. The van der Waals surface area contributed by atoms with Gasteiger partial charge in [0.05, 0.1) is 26.1 Å². The van der Waals surface area contributed by atoms with Crippen molar-refractivity contribution in [2.45, 2.75) is 33.6 Å². The lowest BCUT2D eigenvalue weighted by molar-refractivity contribution is -0.911. The van der Waals surface area contributed by atoms with E-state index in [0.29, 0.717) is 6.42 Å². The zero-order valence-electron chi connectivity index (χ0n) is 12.9. The summed E-state index contributed by atoms with van der Waals surface area (Å²) in [5.74, 6) is 1.70. The second-order valence-corrected chi connectivity index (χ2v) is 6.52. The van der Waals surface area contributed by atoms with E-state index < -0.39 is 0 Å². The standard InChI is InChI=1S/C17H26N2O/c1-13-5-4-6-16(10-13)18-17(20)7-8-19-11-14(2)9-15(3)12-19/h4-6,10,14-15H,7-9,11-12H2,1-3H3,(H,18,20)/p+1. The molecule has 1 aliphatic rings. The Kier molecular flexibility index (Phi) is 5.18. The van der Waals surface area contributed by atoms with Gasteiger partial charge in [0.1, 0.15) is 0 Å². The van der Waals surface area contributed by atoms with E-state index in [9.17, 15) is 4.79 Å². The number of amides is 1. The third kappa shape index (κ3) is 4.64. The Labute approximate surface area is 122 Å². The number of anilines is 1. The van der Waals surface area contributed by atoms with Crippen LogP contribution in [0, 0.1) is 18.8 Å². The molecular formula is C17H27N2O+. The smallest absolute Gasteiger partial charge is 0.230 e. The molecule has 3 heteroatoms. The quantitative estimate of drug-likeness (QED) is 0.864. The summed E-state index contributed by atoms with van der Waals surface area (Å²) in [6, 6.07) is 7.97. The molecular weight excluding hydrogens is 248 g/mol. The summed E-state index contributed by atoms with van der Waals surface area (Å²) in [6.07, 6.45) is 1.95. The summed E-state index contributed by atoms with van der Waals surface area (Å²) in [7, 11) is 0. The van der Waals surface area contributed by atoms with Gasteiger partial charge >= 0.3 is 0 Å². The van der Waals surface area contributed by atoms with Crippen molar-refractivity contribution < 1.29 is 9.69 Å². The molecule has 1 aromatic rings. The highest BCUT2D eigenvalue weighted by molar-refractivity contribution is 5.90. The Balaban J connectivity index is 1.77. The molecule has 0 saturated carbocycles. The van der Waals surface area contributed by atoms with Crippen LogP contribution in [-0.4, -0.2) is 25.5 Å². The molecule has 0 aliphatic carbocycles. The minimum atomic E-state index is 0.133. The van der Waals surface area contributed by atoms with Crippen molar-refractivity contribution in [3.63, 3.8) is 0 Å². The minimum Gasteiger partial charge on any atom is -0.334 e. The Bertz CT molecular complexity index is 448. The van der Waals surface area contributed by atoms with Crippen LogP contribution < -0.4 is 10.2 Å². The van der Waals surface area contributed by atoms with Crippen molar-refractivity contribution >= 4 is 11.6 Å². The van der Waals surface area contributed by atoms with Crippen LogP contribution in [0.4, 0.5) is 5.69 Å². The predicted molar refractivity (Wildman–Crippen MR) is 82.9 cm³/mol. The van der Waals surface area contributed by atoms with Crippen molar-refractivity contribution in [2.24, 2.45) is 11.8 Å². The molecule has 0 spiro atoms. The largest absolute Gasteiger partial charge is 0.334 e. The van der Waals surface area contributed by atoms with Crippen LogP contribution in [-0.2, 0) is 4.79 Å². The molecule has 1 aliphatic heterocycles. The van der Waals surface area contributed by atoms with Crippen molar-refractivity contribution in [3.8, 4) is 0 Å². The molecule has 0 radical (unpaired) electrons. The van der Waals surface area contributed by atoms with Crippen LogP contribution in [0.5, 0.6) is 0 Å². The molecule has 110 valence electrons. The summed E-state index contributed by atoms with van der Waals surface area (Å²) < 4.78 is 0. The van der Waals surface area contributed by atoms with Gasteiger partial charge in [-0.05, 0) is 31.0 Å². The van der Waals surface area contributed by atoms with Crippen LogP contribution >= 0.6 is 0 Å². The van der Waals surface area contributed by atoms with E-state index in [-0.39, 0.29) is 5.91 Å². The number of nitrogens with one attached hydrogen (secondary N) is 2. The van der Waals surface area contributed by atoms with Crippen molar-refractivity contribution in [2.75, 3.05) is 25.0 Å². The third-order valence-corrected chi connectivity index (χ3v) is 4.09. The average molecular weight is 275 g/mol. The molecule has 2 N–H and O–H groups in total. The topological polar surface area (TPSA) is 33.5 Å². The summed E-state index contributed by atoms with van der Waals surface area (Å²) in [4.78, 5) is 13.6. The van der Waals surface area contributed by atoms with Gasteiger partial charge in [-0.15, -0.1) is 0 Å². The number of aryl methyl sites for hydroxylation is 1. The monoisotopic (exact) mass is 275 g/mol. The number of hydrogen-bond donors (Lipinski definition) is 2. The van der Waals surface area contributed by atoms with E-state index in [1.165, 1.54) is 25.1 Å². The van der Waals surface area contributed by atoms with Gasteiger partial charge < -0.3 is 10.2 Å². The fraction of sp³-hybridized carbons (Fsp3) is 0.588. The van der Waals surface area contributed by atoms with Gasteiger partial charge in [0.15, 0.2) is 0 Å². The Morgan fingerprint density at radius 3 is 2.65 bits per heavy atom. The Hall–Kier alpha value is -1.35. The molecule has 1 saturated heterocycles. The maximum atomic E-state index is 12.0. The number of rotatable bonds is 4. The van der Waals surface area contributed by atoms with E-state index in [2.05, 4.69) is 19.2 Å². The van der Waals surface area contributed by atoms with E-state index in [0.717, 1.165) is 24.1 Å². The van der Waals surface area contributed by atoms with E-state index >= 15 is 0 Å². The van der Waals surface area contributed by atoms with Crippen LogP contribution in [0.25, 0.3) is 0 Å². The molecule has 2 unspecified atom stereocenters. The highest BCUT2D eigenvalue weighted by Crippen LogP contribution is 2.12. The first-order chi connectivity index (χ1) is 9.52. The van der Waals surface area contributed by atoms with Gasteiger partial charge in [-0.25, -0.2) is 0 Å². The Morgan fingerprint density at radius 2 is 2.00 bits per heavy atom. The number of likely N-dealkylation sites (tertiary alicyclic amines) is 1. The number of benzene rings is 1. The second-order valence-electron chi connectivity index (χ2n) is 6.52. The SMILES string of the molecule is Cc1cccc(NC(=O)CC[NH+]2CC(C)CC(C)C2)c1. The number of carbonyl (C=O) groups excluding carboxylic acids is 1. The molecule has 0 bridgehead atoms. The first-order valence-corrected chi connectivity index (χ1v) is 7.73. The second kappa shape index (κ2) is 6.89. The summed E-state index contributed by atoms with van der Waals surface area (Å²) in [5.41, 5.74) is 2.08. The minimum absolute atomic E-state index is 0.133. The number of hydrogen-bond acceptors (Lipinski definition) is 1. The third-order valence-electron chi connectivity index (χ3n) is 4.09. The van der Waals surface area contributed by atoms with Crippen LogP contribution in [0.2, 0.25) is 0 Å². The normalized spacial score (nSPS) is 26.2. The van der Waals surface area contributed by atoms with Gasteiger partial charge in [0.25, 0.3) is 0 Å². The zero-order valence-corrected chi connectivity index (χ0v) is 12.9. The lowest BCUT2D eigenvalue weighted by atomic mass is 9.92. The van der Waals surface area contributed by atoms with Gasteiger partial charge in [-0.2, -0.15) is 0 Å². The van der Waals surface area contributed by atoms with Crippen LogP contribution in [0.1, 0.15) is 32.3 Å². The molecule has 1 amide bonds. The van der Waals surface area contributed by atoms with E-state index in [4.69, 9.17) is 0 Å². The fourth-order valence-electron chi connectivity index (χ4n) is 3.36. The maximum Gasteiger partial charge on any atom is 0.230 e. The van der Waals surface area contributed by atoms with Gasteiger partial charge in [-0.3, -0.25) is 4.79 Å². The molecule has 1 fully saturated rings. The average Bonchev–Trinajstić information content (AvgIpc) is 2.35. The summed E-state index contributed by atoms with van der Waals surface area (Å²) in [6.45, 7) is 10.1. The lowest BCUT2D eigenvalue weighted by Crippen LogP contribution is -3.14. The van der Waals surface area contributed by atoms with Gasteiger partial charge in [0.2, 0.25) is 5.91 Å². The van der Waals surface area contributed by atoms with Crippen molar-refractivity contribution in [3.05, 3.63) is 29.8 Å². The maximum absolute atomic E-state index is 12.0. The lowest BCUT2D eigenvalue weighted by Gasteiger charge is -2.31. The number of piperidine rings is 1. The number of carbonyl (C=O) groups is 1. The van der Waals surface area contributed by atoms with Gasteiger partial charge in [-0.1, -0.05) is 26.0 Å². The van der Waals surface area contributed by atoms with Gasteiger partial charge in [0, 0.05) is 17.5 Å². The van der Waals surface area contributed by atoms with Crippen LogP contribution in [0.15, 0.2) is 24.3 Å². The fourth-order valence-corrected chi connectivity index (χ4v) is 3.36. The zero-order chi connectivity index (χ0) is 14.5. The molecule has 3 nitrogen and oxygen atoms in total. The predicted octanol–water partition coefficient (Wildman–Crippen LogP) is 1.88. The van der Waals surface area contributed by atoms with Crippen molar-refractivity contribution in [1.82, 2.24) is 0 Å². The first kappa shape index (κ1) is 15.0. The number of quaternary nitrogens is 1. The Morgan fingerprint density at radius 1 is 1.30 bits per heavy atom. The highest BCUT2D eigenvalue weighted by atomic mass is 16.1. The molecule has 2 rings (SSSR count). The summed E-state index contributed by atoms with van der Waals surface area (Å²) in [5, 5.41) is 2.99. The molecule has 1 aromatic carbocycles. The van der Waals surface area contributed by atoms with E-state index in [1.807, 2.05) is 31.2 Å². The highest BCUT2D eigenvalue weighted by Gasteiger charge is 2.25. The first-order valence-electron chi connectivity index (χ1n) is 7.73. The molecule has 1 heterocycles. The van der Waals surface area contributed by atoms with Crippen LogP contribution in [0.3, 0.4) is 0 Å². The van der Waals surface area contributed by atoms with Crippen molar-refractivity contribution in [1.29, 1.82) is 0 Å².